The first-order valence-corrected chi connectivity index (χ1v) is 9.91. The molecule has 1 N–H and O–H groups in total. The maximum Gasteiger partial charge on any atom is 0.239 e. The maximum absolute atomic E-state index is 5.26. The van der Waals surface area contributed by atoms with Gasteiger partial charge >= 0.3 is 0 Å². The van der Waals surface area contributed by atoms with Crippen molar-refractivity contribution in [3.63, 3.8) is 0 Å². The van der Waals surface area contributed by atoms with Crippen LogP contribution in [-0.2, 0) is 12.8 Å². The van der Waals surface area contributed by atoms with Crippen LogP contribution >= 0.6 is 34.4 Å². The summed E-state index contributed by atoms with van der Waals surface area (Å²) >= 11 is 4.91. The van der Waals surface area contributed by atoms with E-state index in [1.54, 1.807) is 34.4 Å². The van der Waals surface area contributed by atoms with E-state index in [0.29, 0.717) is 5.89 Å². The SMILES string of the molecule is CCc1noc(C(C)Sc2nnc(NCCc3cccs3)s2)n1. The van der Waals surface area contributed by atoms with Gasteiger partial charge in [-0.15, -0.1) is 21.5 Å². The first-order chi connectivity index (χ1) is 11.2. The number of hydrogen-bond donors (Lipinski definition) is 1. The summed E-state index contributed by atoms with van der Waals surface area (Å²) in [7, 11) is 0. The molecule has 6 nitrogen and oxygen atoms in total. The molecule has 9 heteroatoms. The van der Waals surface area contributed by atoms with Crippen molar-refractivity contribution in [1.82, 2.24) is 20.3 Å². The fourth-order valence-corrected chi connectivity index (χ4v) is 4.52. The molecule has 3 heterocycles. The second-order valence-electron chi connectivity index (χ2n) is 4.79. The van der Waals surface area contributed by atoms with E-state index >= 15 is 0 Å². The van der Waals surface area contributed by atoms with E-state index in [0.717, 1.165) is 34.7 Å². The third-order valence-electron chi connectivity index (χ3n) is 3.06. The van der Waals surface area contributed by atoms with Gasteiger partial charge in [0.25, 0.3) is 0 Å². The Morgan fingerprint density at radius 2 is 2.30 bits per heavy atom. The van der Waals surface area contributed by atoms with Crippen LogP contribution in [0.1, 0.15) is 35.7 Å². The van der Waals surface area contributed by atoms with Crippen molar-refractivity contribution < 1.29 is 4.52 Å². The third-order valence-corrected chi connectivity index (χ3v) is 6.05. The van der Waals surface area contributed by atoms with Crippen molar-refractivity contribution in [2.24, 2.45) is 0 Å². The molecule has 23 heavy (non-hydrogen) atoms. The van der Waals surface area contributed by atoms with Crippen LogP contribution in [0.2, 0.25) is 0 Å². The Morgan fingerprint density at radius 1 is 1.39 bits per heavy atom. The zero-order valence-corrected chi connectivity index (χ0v) is 15.3. The first kappa shape index (κ1) is 16.4. The highest BCUT2D eigenvalue weighted by Crippen LogP contribution is 2.36. The molecule has 3 aromatic rings. The quantitative estimate of drug-likeness (QED) is 0.602. The van der Waals surface area contributed by atoms with E-state index in [4.69, 9.17) is 4.52 Å². The van der Waals surface area contributed by atoms with E-state index in [-0.39, 0.29) is 5.25 Å². The minimum absolute atomic E-state index is 0.0646. The molecule has 0 bridgehead atoms. The largest absolute Gasteiger partial charge is 0.360 e. The van der Waals surface area contributed by atoms with Crippen LogP contribution in [0, 0.1) is 0 Å². The van der Waals surface area contributed by atoms with Crippen LogP contribution in [0.3, 0.4) is 0 Å². The lowest BCUT2D eigenvalue weighted by atomic mass is 10.3. The number of aromatic nitrogens is 4. The van der Waals surface area contributed by atoms with Crippen molar-refractivity contribution in [3.05, 3.63) is 34.1 Å². The number of thioether (sulfide) groups is 1. The molecule has 122 valence electrons. The summed E-state index contributed by atoms with van der Waals surface area (Å²) in [5.74, 6) is 1.37. The van der Waals surface area contributed by atoms with Gasteiger partial charge in [-0.2, -0.15) is 4.98 Å². The summed E-state index contributed by atoms with van der Waals surface area (Å²) in [5, 5.41) is 18.6. The van der Waals surface area contributed by atoms with Crippen LogP contribution < -0.4 is 5.32 Å². The molecule has 0 amide bonds. The molecule has 3 rings (SSSR count). The molecule has 0 aromatic carbocycles. The number of nitrogens with zero attached hydrogens (tertiary/aromatic N) is 4. The Balaban J connectivity index is 1.50. The molecule has 0 aliphatic heterocycles. The zero-order valence-electron chi connectivity index (χ0n) is 12.9. The predicted molar refractivity (Wildman–Crippen MR) is 94.4 cm³/mol. The zero-order chi connectivity index (χ0) is 16.1. The average molecular weight is 368 g/mol. The van der Waals surface area contributed by atoms with E-state index in [1.165, 1.54) is 4.88 Å². The standard InChI is InChI=1S/C14H17N5OS3/c1-3-11-16-12(20-19-11)9(2)22-14-18-17-13(23-14)15-7-6-10-5-4-8-21-10/h4-5,8-9H,3,6-7H2,1-2H3,(H,15,17). The van der Waals surface area contributed by atoms with Crippen molar-refractivity contribution in [2.45, 2.75) is 36.3 Å². The molecule has 0 fully saturated rings. The molecular weight excluding hydrogens is 350 g/mol. The number of rotatable bonds is 8. The highest BCUT2D eigenvalue weighted by molar-refractivity contribution is 8.01. The van der Waals surface area contributed by atoms with Crippen molar-refractivity contribution in [2.75, 3.05) is 11.9 Å². The second-order valence-corrected chi connectivity index (χ2v) is 8.39. The highest BCUT2D eigenvalue weighted by atomic mass is 32.2. The molecule has 0 saturated carbocycles. The first-order valence-electron chi connectivity index (χ1n) is 7.33. The summed E-state index contributed by atoms with van der Waals surface area (Å²) < 4.78 is 6.16. The minimum Gasteiger partial charge on any atom is -0.360 e. The van der Waals surface area contributed by atoms with E-state index in [9.17, 15) is 0 Å². The summed E-state index contributed by atoms with van der Waals surface area (Å²) in [6.45, 7) is 4.90. The van der Waals surface area contributed by atoms with E-state index in [1.807, 2.05) is 13.8 Å². The van der Waals surface area contributed by atoms with Gasteiger partial charge in [0, 0.05) is 17.8 Å². The van der Waals surface area contributed by atoms with Crippen molar-refractivity contribution >= 4 is 39.6 Å². The molecule has 0 spiro atoms. The summed E-state index contributed by atoms with van der Waals surface area (Å²) in [5.41, 5.74) is 0. The molecule has 3 aromatic heterocycles. The minimum atomic E-state index is 0.0646. The van der Waals surface area contributed by atoms with E-state index in [2.05, 4.69) is 43.2 Å². The lowest BCUT2D eigenvalue weighted by Crippen LogP contribution is -2.03. The van der Waals surface area contributed by atoms with Gasteiger partial charge < -0.3 is 9.84 Å². The monoisotopic (exact) mass is 367 g/mol. The Morgan fingerprint density at radius 3 is 3.04 bits per heavy atom. The average Bonchev–Trinajstić information content (AvgIpc) is 3.29. The summed E-state index contributed by atoms with van der Waals surface area (Å²) in [4.78, 5) is 5.72. The molecule has 0 radical (unpaired) electrons. The molecule has 0 aliphatic rings. The number of thiophene rings is 1. The molecule has 0 aliphatic carbocycles. The van der Waals surface area contributed by atoms with Crippen molar-refractivity contribution in [1.29, 1.82) is 0 Å². The van der Waals surface area contributed by atoms with Crippen LogP contribution in [0.15, 0.2) is 26.4 Å². The number of aryl methyl sites for hydroxylation is 1. The third kappa shape index (κ3) is 4.52. The maximum atomic E-state index is 5.26. The molecule has 0 saturated heterocycles. The van der Waals surface area contributed by atoms with E-state index < -0.39 is 0 Å². The normalized spacial score (nSPS) is 12.4. The van der Waals surface area contributed by atoms with Crippen LogP contribution in [0.5, 0.6) is 0 Å². The van der Waals surface area contributed by atoms with Gasteiger partial charge in [-0.05, 0) is 24.8 Å². The smallest absolute Gasteiger partial charge is 0.239 e. The summed E-state index contributed by atoms with van der Waals surface area (Å²) in [6.07, 6.45) is 1.77. The van der Waals surface area contributed by atoms with Gasteiger partial charge in [0.05, 0.1) is 5.25 Å². The predicted octanol–water partition coefficient (Wildman–Crippen LogP) is 4.05. The van der Waals surface area contributed by atoms with Crippen LogP contribution in [-0.4, -0.2) is 26.9 Å². The lowest BCUT2D eigenvalue weighted by molar-refractivity contribution is 0.375. The second kappa shape index (κ2) is 7.89. The van der Waals surface area contributed by atoms with Gasteiger partial charge in [-0.1, -0.05) is 41.2 Å². The highest BCUT2D eigenvalue weighted by Gasteiger charge is 2.17. The molecule has 1 atom stereocenters. The van der Waals surface area contributed by atoms with Crippen LogP contribution in [0.25, 0.3) is 0 Å². The fourth-order valence-electron chi connectivity index (χ4n) is 1.85. The van der Waals surface area contributed by atoms with Crippen LogP contribution in [0.4, 0.5) is 5.13 Å². The number of nitrogens with one attached hydrogen (secondary N) is 1. The van der Waals surface area contributed by atoms with Gasteiger partial charge in [0.1, 0.15) is 0 Å². The lowest BCUT2D eigenvalue weighted by Gasteiger charge is -2.01. The summed E-state index contributed by atoms with van der Waals surface area (Å²) in [6, 6.07) is 4.22. The Hall–Kier alpha value is -1.45. The van der Waals surface area contributed by atoms with Gasteiger partial charge in [-0.3, -0.25) is 0 Å². The number of hydrogen-bond acceptors (Lipinski definition) is 9. The molecule has 1 unspecified atom stereocenters. The topological polar surface area (TPSA) is 76.7 Å². The van der Waals surface area contributed by atoms with Gasteiger partial charge in [-0.25, -0.2) is 0 Å². The van der Waals surface area contributed by atoms with Gasteiger partial charge in [0.15, 0.2) is 10.2 Å². The number of anilines is 1. The fraction of sp³-hybridized carbons (Fsp3) is 0.429. The molecular formula is C14H17N5OS3. The Bertz CT molecular complexity index is 724. The van der Waals surface area contributed by atoms with Gasteiger partial charge in [0.2, 0.25) is 11.0 Å². The van der Waals surface area contributed by atoms with Crippen molar-refractivity contribution in [3.8, 4) is 0 Å². The Labute approximate surface area is 146 Å². The Kier molecular flexibility index (Phi) is 5.63.